The summed E-state index contributed by atoms with van der Waals surface area (Å²) in [5.41, 5.74) is 0. The van der Waals surface area contributed by atoms with Crippen molar-refractivity contribution in [3.05, 3.63) is 0 Å². The molecule has 0 aromatic rings. The summed E-state index contributed by atoms with van der Waals surface area (Å²) < 4.78 is 0. The van der Waals surface area contributed by atoms with Crippen LogP contribution in [0.2, 0.25) is 0 Å². The Morgan fingerprint density at radius 3 is 2.25 bits per heavy atom. The SMILES string of the molecule is CC1CCN(C2CCN(CC(=O)NC(C)C)CC2)CC1. The quantitative estimate of drug-likeness (QED) is 0.852. The fraction of sp³-hybridized carbons (Fsp3) is 0.938. The van der Waals surface area contributed by atoms with Gasteiger partial charge in [0.25, 0.3) is 0 Å². The summed E-state index contributed by atoms with van der Waals surface area (Å²) in [4.78, 5) is 16.8. The smallest absolute Gasteiger partial charge is 0.234 e. The van der Waals surface area contributed by atoms with Crippen LogP contribution in [0.25, 0.3) is 0 Å². The molecular weight excluding hydrogens is 250 g/mol. The van der Waals surface area contributed by atoms with Crippen LogP contribution in [0.3, 0.4) is 0 Å². The van der Waals surface area contributed by atoms with Crippen molar-refractivity contribution in [2.24, 2.45) is 5.92 Å². The van der Waals surface area contributed by atoms with Crippen molar-refractivity contribution < 1.29 is 4.79 Å². The third kappa shape index (κ3) is 4.74. The van der Waals surface area contributed by atoms with Gasteiger partial charge in [-0.25, -0.2) is 0 Å². The molecule has 0 aromatic carbocycles. The van der Waals surface area contributed by atoms with E-state index in [2.05, 4.69) is 22.0 Å². The van der Waals surface area contributed by atoms with E-state index in [0.29, 0.717) is 6.54 Å². The van der Waals surface area contributed by atoms with Gasteiger partial charge in [0, 0.05) is 25.2 Å². The molecule has 0 radical (unpaired) electrons. The van der Waals surface area contributed by atoms with E-state index in [4.69, 9.17) is 0 Å². The molecule has 0 atom stereocenters. The normalized spacial score (nSPS) is 24.2. The summed E-state index contributed by atoms with van der Waals surface area (Å²) in [6.07, 6.45) is 5.17. The number of hydrogen-bond acceptors (Lipinski definition) is 3. The molecule has 2 saturated heterocycles. The Labute approximate surface area is 123 Å². The zero-order valence-electron chi connectivity index (χ0n) is 13.4. The number of rotatable bonds is 4. The molecule has 4 nitrogen and oxygen atoms in total. The van der Waals surface area contributed by atoms with Crippen LogP contribution in [0.4, 0.5) is 0 Å². The summed E-state index contributed by atoms with van der Waals surface area (Å²) in [6.45, 7) is 11.7. The standard InChI is InChI=1S/C16H31N3O/c1-13(2)17-16(20)12-18-8-6-15(7-9-18)19-10-4-14(3)5-11-19/h13-15H,4-12H2,1-3H3,(H,17,20). The summed E-state index contributed by atoms with van der Waals surface area (Å²) in [6, 6.07) is 1.00. The summed E-state index contributed by atoms with van der Waals surface area (Å²) in [5.74, 6) is 1.08. The average molecular weight is 281 g/mol. The molecule has 4 heteroatoms. The van der Waals surface area contributed by atoms with Crippen molar-refractivity contribution in [2.45, 2.75) is 58.5 Å². The molecule has 0 spiro atoms. The van der Waals surface area contributed by atoms with Gasteiger partial charge in [0.2, 0.25) is 5.91 Å². The molecule has 2 aliphatic heterocycles. The van der Waals surface area contributed by atoms with E-state index in [1.807, 2.05) is 13.8 Å². The van der Waals surface area contributed by atoms with Gasteiger partial charge in [-0.2, -0.15) is 0 Å². The van der Waals surface area contributed by atoms with E-state index in [1.54, 1.807) is 0 Å². The maximum Gasteiger partial charge on any atom is 0.234 e. The molecule has 0 saturated carbocycles. The lowest BCUT2D eigenvalue weighted by Gasteiger charge is -2.41. The molecule has 2 aliphatic rings. The van der Waals surface area contributed by atoms with Crippen LogP contribution in [0, 0.1) is 5.92 Å². The Kier molecular flexibility index (Phi) is 5.85. The van der Waals surface area contributed by atoms with Crippen molar-refractivity contribution in [3.63, 3.8) is 0 Å². The lowest BCUT2D eigenvalue weighted by atomic mass is 9.95. The number of likely N-dealkylation sites (tertiary alicyclic amines) is 2. The Bertz CT molecular complexity index is 303. The van der Waals surface area contributed by atoms with Crippen molar-refractivity contribution in [3.8, 4) is 0 Å². The Hall–Kier alpha value is -0.610. The average Bonchev–Trinajstić information content (AvgIpc) is 2.39. The first-order chi connectivity index (χ1) is 9.54. The first-order valence-electron chi connectivity index (χ1n) is 8.30. The minimum Gasteiger partial charge on any atom is -0.353 e. The van der Waals surface area contributed by atoms with E-state index in [0.717, 1.165) is 25.0 Å². The summed E-state index contributed by atoms with van der Waals surface area (Å²) in [5, 5.41) is 2.98. The molecule has 0 bridgehead atoms. The van der Waals surface area contributed by atoms with Crippen LogP contribution in [-0.2, 0) is 4.79 Å². The van der Waals surface area contributed by atoms with Crippen LogP contribution in [0.15, 0.2) is 0 Å². The molecule has 0 unspecified atom stereocenters. The van der Waals surface area contributed by atoms with Crippen molar-refractivity contribution >= 4 is 5.91 Å². The summed E-state index contributed by atoms with van der Waals surface area (Å²) in [7, 11) is 0. The van der Waals surface area contributed by atoms with E-state index in [9.17, 15) is 4.79 Å². The third-order valence-corrected chi connectivity index (χ3v) is 4.71. The minimum atomic E-state index is 0.172. The predicted molar refractivity (Wildman–Crippen MR) is 82.7 cm³/mol. The first kappa shape index (κ1) is 15.8. The van der Waals surface area contributed by atoms with Gasteiger partial charge < -0.3 is 10.2 Å². The molecule has 116 valence electrons. The maximum absolute atomic E-state index is 11.8. The Morgan fingerprint density at radius 2 is 1.70 bits per heavy atom. The van der Waals surface area contributed by atoms with Gasteiger partial charge in [-0.15, -0.1) is 0 Å². The molecule has 0 aliphatic carbocycles. The van der Waals surface area contributed by atoms with Crippen LogP contribution in [-0.4, -0.2) is 60.5 Å². The molecule has 0 aromatic heterocycles. The maximum atomic E-state index is 11.8. The third-order valence-electron chi connectivity index (χ3n) is 4.71. The Balaban J connectivity index is 1.68. The zero-order valence-corrected chi connectivity index (χ0v) is 13.4. The second-order valence-electron chi connectivity index (χ2n) is 6.95. The monoisotopic (exact) mass is 281 g/mol. The first-order valence-corrected chi connectivity index (χ1v) is 8.30. The van der Waals surface area contributed by atoms with E-state index >= 15 is 0 Å². The molecule has 1 N–H and O–H groups in total. The van der Waals surface area contributed by atoms with Crippen molar-refractivity contribution in [1.82, 2.24) is 15.1 Å². The number of amides is 1. The highest BCUT2D eigenvalue weighted by atomic mass is 16.2. The fourth-order valence-electron chi connectivity index (χ4n) is 3.41. The predicted octanol–water partition coefficient (Wildman–Crippen LogP) is 1.71. The fourth-order valence-corrected chi connectivity index (χ4v) is 3.41. The highest BCUT2D eigenvalue weighted by molar-refractivity contribution is 5.78. The number of nitrogens with zero attached hydrogens (tertiary/aromatic N) is 2. The van der Waals surface area contributed by atoms with Crippen LogP contribution < -0.4 is 5.32 Å². The molecule has 2 heterocycles. The zero-order chi connectivity index (χ0) is 14.5. The molecule has 2 fully saturated rings. The number of carbonyl (C=O) groups is 1. The number of hydrogen-bond donors (Lipinski definition) is 1. The number of nitrogens with one attached hydrogen (secondary N) is 1. The van der Waals surface area contributed by atoms with E-state index in [1.165, 1.54) is 38.8 Å². The highest BCUT2D eigenvalue weighted by Crippen LogP contribution is 2.23. The molecule has 20 heavy (non-hydrogen) atoms. The van der Waals surface area contributed by atoms with Crippen molar-refractivity contribution in [2.75, 3.05) is 32.7 Å². The second kappa shape index (κ2) is 7.41. The minimum absolute atomic E-state index is 0.172. The van der Waals surface area contributed by atoms with Crippen molar-refractivity contribution in [1.29, 1.82) is 0 Å². The number of piperidine rings is 2. The number of carbonyl (C=O) groups excluding carboxylic acids is 1. The second-order valence-corrected chi connectivity index (χ2v) is 6.95. The highest BCUT2D eigenvalue weighted by Gasteiger charge is 2.27. The van der Waals surface area contributed by atoms with Crippen LogP contribution in [0.1, 0.15) is 46.5 Å². The van der Waals surface area contributed by atoms with Gasteiger partial charge in [0.1, 0.15) is 0 Å². The van der Waals surface area contributed by atoms with Gasteiger partial charge in [-0.3, -0.25) is 9.69 Å². The summed E-state index contributed by atoms with van der Waals surface area (Å²) >= 11 is 0. The van der Waals surface area contributed by atoms with Gasteiger partial charge in [0.15, 0.2) is 0 Å². The van der Waals surface area contributed by atoms with Gasteiger partial charge in [0.05, 0.1) is 6.54 Å². The largest absolute Gasteiger partial charge is 0.353 e. The topological polar surface area (TPSA) is 35.6 Å². The van der Waals surface area contributed by atoms with Crippen LogP contribution in [0.5, 0.6) is 0 Å². The van der Waals surface area contributed by atoms with Crippen LogP contribution >= 0.6 is 0 Å². The van der Waals surface area contributed by atoms with Gasteiger partial charge >= 0.3 is 0 Å². The van der Waals surface area contributed by atoms with Gasteiger partial charge in [-0.05, 0) is 58.5 Å². The van der Waals surface area contributed by atoms with E-state index in [-0.39, 0.29) is 11.9 Å². The Morgan fingerprint density at radius 1 is 1.10 bits per heavy atom. The molecule has 1 amide bonds. The molecule has 2 rings (SSSR count). The lowest BCUT2D eigenvalue weighted by Crippen LogP contribution is -2.49. The van der Waals surface area contributed by atoms with E-state index < -0.39 is 0 Å². The lowest BCUT2D eigenvalue weighted by molar-refractivity contribution is -0.123. The molecular formula is C16H31N3O. The van der Waals surface area contributed by atoms with Gasteiger partial charge in [-0.1, -0.05) is 6.92 Å².